The molecule has 3 aromatic heterocycles. The second-order valence-corrected chi connectivity index (χ2v) is 8.21. The highest BCUT2D eigenvalue weighted by molar-refractivity contribution is 9.10. The molecular formula is C16H13BrN4O3S2. The Bertz CT molecular complexity index is 1120. The van der Waals surface area contributed by atoms with Gasteiger partial charge in [-0.25, -0.2) is 9.97 Å². The number of fused-ring (bicyclic) bond motifs is 2. The van der Waals surface area contributed by atoms with Gasteiger partial charge in [-0.05, 0) is 34.1 Å². The lowest BCUT2D eigenvalue weighted by Gasteiger charge is -2.03. The first-order chi connectivity index (χ1) is 12.5. The van der Waals surface area contributed by atoms with Crippen LogP contribution in [-0.2, 0) is 0 Å². The van der Waals surface area contributed by atoms with Crippen LogP contribution >= 0.6 is 38.6 Å². The van der Waals surface area contributed by atoms with E-state index in [0.29, 0.717) is 34.1 Å². The average molecular weight is 453 g/mol. The summed E-state index contributed by atoms with van der Waals surface area (Å²) in [6, 6.07) is 5.35. The fourth-order valence-electron chi connectivity index (χ4n) is 2.45. The minimum atomic E-state index is -0.212. The molecule has 3 N–H and O–H groups in total. The van der Waals surface area contributed by atoms with Crippen molar-refractivity contribution in [3.63, 3.8) is 0 Å². The molecule has 0 unspecified atom stereocenters. The van der Waals surface area contributed by atoms with E-state index in [9.17, 15) is 4.79 Å². The van der Waals surface area contributed by atoms with Crippen molar-refractivity contribution < 1.29 is 14.3 Å². The second-order valence-electron chi connectivity index (χ2n) is 5.42. The number of oxazole rings is 1. The van der Waals surface area contributed by atoms with E-state index in [1.807, 2.05) is 0 Å². The van der Waals surface area contributed by atoms with Crippen LogP contribution in [0.15, 0.2) is 27.1 Å². The maximum Gasteiger partial charge on any atom is 0.267 e. The van der Waals surface area contributed by atoms with Gasteiger partial charge >= 0.3 is 0 Å². The van der Waals surface area contributed by atoms with Crippen LogP contribution in [0.2, 0.25) is 0 Å². The van der Waals surface area contributed by atoms with Crippen molar-refractivity contribution >= 4 is 76.0 Å². The molecule has 0 saturated heterocycles. The van der Waals surface area contributed by atoms with Gasteiger partial charge in [-0.1, -0.05) is 11.3 Å². The molecule has 7 nitrogen and oxygen atoms in total. The van der Waals surface area contributed by atoms with Crippen molar-refractivity contribution in [2.45, 2.75) is 6.92 Å². The van der Waals surface area contributed by atoms with Gasteiger partial charge in [-0.3, -0.25) is 4.79 Å². The number of aryl methyl sites for hydroxylation is 1. The number of hydrogen-bond acceptors (Lipinski definition) is 8. The summed E-state index contributed by atoms with van der Waals surface area (Å²) < 4.78 is 7.07. The maximum atomic E-state index is 12.7. The van der Waals surface area contributed by atoms with Crippen molar-refractivity contribution in [2.24, 2.45) is 0 Å². The number of hydrogen-bond donors (Lipinski definition) is 3. The van der Waals surface area contributed by atoms with E-state index in [-0.39, 0.29) is 12.5 Å². The van der Waals surface area contributed by atoms with Crippen molar-refractivity contribution in [1.82, 2.24) is 9.97 Å². The molecule has 0 aliphatic heterocycles. The lowest BCUT2D eigenvalue weighted by molar-refractivity contribution is 0.103. The molecule has 134 valence electrons. The summed E-state index contributed by atoms with van der Waals surface area (Å²) in [7, 11) is 0. The fourth-order valence-corrected chi connectivity index (χ4v) is 5.50. The largest absolute Gasteiger partial charge is 0.441 e. The third-order valence-corrected chi connectivity index (χ3v) is 7.10. The molecule has 0 atom stereocenters. The van der Waals surface area contributed by atoms with Gasteiger partial charge in [0.2, 0.25) is 0 Å². The molecule has 0 spiro atoms. The number of amides is 1. The number of carbonyl (C=O) groups excluding carboxylic acids is 1. The average Bonchev–Trinajstić information content (AvgIpc) is 3.26. The molecule has 4 aromatic rings. The Balaban J connectivity index is 1.58. The number of aliphatic hydroxyl groups excluding tert-OH is 1. The summed E-state index contributed by atoms with van der Waals surface area (Å²) in [6.45, 7) is 2.26. The lowest BCUT2D eigenvalue weighted by atomic mass is 10.3. The normalized spacial score (nSPS) is 11.3. The lowest BCUT2D eigenvalue weighted by Crippen LogP contribution is -2.10. The van der Waals surface area contributed by atoms with E-state index in [0.717, 1.165) is 19.1 Å². The predicted molar refractivity (Wildman–Crippen MR) is 107 cm³/mol. The minimum absolute atomic E-state index is 0.0391. The molecular weight excluding hydrogens is 440 g/mol. The topological polar surface area (TPSA) is 100 Å². The summed E-state index contributed by atoms with van der Waals surface area (Å²) >= 11 is 6.26. The monoisotopic (exact) mass is 452 g/mol. The van der Waals surface area contributed by atoms with Crippen LogP contribution in [0.3, 0.4) is 0 Å². The standard InChI is InChI=1S/C16H13BrN4O3S2/c1-7-19-9-6-8(2-3-10(9)24-7)20-14(23)12-11(17)13-15(25-12)21-16(26-13)18-4-5-22/h2-3,6,22H,4-5H2,1H3,(H,18,21)(H,20,23). The molecule has 4 rings (SSSR count). The Labute approximate surface area is 164 Å². The quantitative estimate of drug-likeness (QED) is 0.418. The number of halogens is 1. The van der Waals surface area contributed by atoms with Crippen LogP contribution in [0.25, 0.3) is 20.6 Å². The molecule has 0 bridgehead atoms. The smallest absolute Gasteiger partial charge is 0.267 e. The highest BCUT2D eigenvalue weighted by Gasteiger charge is 2.20. The molecule has 3 heterocycles. The number of nitrogens with one attached hydrogen (secondary N) is 2. The van der Waals surface area contributed by atoms with Crippen molar-refractivity contribution in [1.29, 1.82) is 0 Å². The van der Waals surface area contributed by atoms with Gasteiger partial charge in [0, 0.05) is 19.2 Å². The number of anilines is 2. The number of thiazole rings is 1. The molecule has 0 aliphatic rings. The Kier molecular flexibility index (Phi) is 4.65. The predicted octanol–water partition coefficient (Wildman–Crippen LogP) is 4.23. The molecule has 10 heteroatoms. The number of rotatable bonds is 5. The van der Waals surface area contributed by atoms with E-state index in [2.05, 4.69) is 36.5 Å². The molecule has 26 heavy (non-hydrogen) atoms. The van der Waals surface area contributed by atoms with E-state index < -0.39 is 0 Å². The number of benzene rings is 1. The minimum Gasteiger partial charge on any atom is -0.441 e. The van der Waals surface area contributed by atoms with Crippen LogP contribution < -0.4 is 10.6 Å². The van der Waals surface area contributed by atoms with Gasteiger partial charge in [-0.15, -0.1) is 11.3 Å². The van der Waals surface area contributed by atoms with Gasteiger partial charge < -0.3 is 20.2 Å². The summed E-state index contributed by atoms with van der Waals surface area (Å²) in [5.74, 6) is 0.373. The van der Waals surface area contributed by atoms with Gasteiger partial charge in [0.1, 0.15) is 15.2 Å². The van der Waals surface area contributed by atoms with Crippen LogP contribution in [0, 0.1) is 6.92 Å². The number of nitrogens with zero attached hydrogens (tertiary/aromatic N) is 2. The van der Waals surface area contributed by atoms with Crippen LogP contribution in [0.4, 0.5) is 10.8 Å². The third kappa shape index (κ3) is 3.20. The molecule has 0 radical (unpaired) electrons. The Morgan fingerprint density at radius 3 is 2.96 bits per heavy atom. The molecule has 0 saturated carbocycles. The molecule has 1 amide bonds. The summed E-state index contributed by atoms with van der Waals surface area (Å²) in [5, 5.41) is 15.5. The third-order valence-electron chi connectivity index (χ3n) is 3.54. The van der Waals surface area contributed by atoms with Gasteiger partial charge in [-0.2, -0.15) is 0 Å². The first kappa shape index (κ1) is 17.4. The van der Waals surface area contributed by atoms with Gasteiger partial charge in [0.05, 0.1) is 15.8 Å². The van der Waals surface area contributed by atoms with E-state index in [1.165, 1.54) is 22.7 Å². The zero-order valence-corrected chi connectivity index (χ0v) is 16.7. The molecule has 0 aliphatic carbocycles. The Morgan fingerprint density at radius 1 is 1.35 bits per heavy atom. The van der Waals surface area contributed by atoms with Crippen molar-refractivity contribution in [3.8, 4) is 0 Å². The number of aromatic nitrogens is 2. The van der Waals surface area contributed by atoms with Crippen molar-refractivity contribution in [2.75, 3.05) is 23.8 Å². The van der Waals surface area contributed by atoms with E-state index in [1.54, 1.807) is 25.1 Å². The zero-order valence-electron chi connectivity index (χ0n) is 13.5. The van der Waals surface area contributed by atoms with Crippen LogP contribution in [0.5, 0.6) is 0 Å². The van der Waals surface area contributed by atoms with Gasteiger partial charge in [0.15, 0.2) is 16.6 Å². The number of aliphatic hydroxyl groups is 1. The second kappa shape index (κ2) is 6.95. The van der Waals surface area contributed by atoms with E-state index >= 15 is 0 Å². The van der Waals surface area contributed by atoms with Crippen LogP contribution in [0.1, 0.15) is 15.6 Å². The molecule has 0 fully saturated rings. The zero-order chi connectivity index (χ0) is 18.3. The SMILES string of the molecule is Cc1nc2cc(NC(=O)c3sc4nc(NCCO)sc4c3Br)ccc2o1. The highest BCUT2D eigenvalue weighted by atomic mass is 79.9. The van der Waals surface area contributed by atoms with E-state index in [4.69, 9.17) is 9.52 Å². The van der Waals surface area contributed by atoms with Crippen LogP contribution in [-0.4, -0.2) is 34.1 Å². The Morgan fingerprint density at radius 2 is 2.19 bits per heavy atom. The summed E-state index contributed by atoms with van der Waals surface area (Å²) in [6.07, 6.45) is 0. The summed E-state index contributed by atoms with van der Waals surface area (Å²) in [5.41, 5.74) is 2.04. The number of thiophene rings is 1. The first-order valence-corrected chi connectivity index (χ1v) is 10.1. The maximum absolute atomic E-state index is 12.7. The first-order valence-electron chi connectivity index (χ1n) is 7.67. The highest BCUT2D eigenvalue weighted by Crippen LogP contribution is 2.41. The van der Waals surface area contributed by atoms with Gasteiger partial charge in [0.25, 0.3) is 5.91 Å². The number of carbonyl (C=O) groups is 1. The summed E-state index contributed by atoms with van der Waals surface area (Å²) in [4.78, 5) is 22.7. The Hall–Kier alpha value is -2.01. The van der Waals surface area contributed by atoms with Crippen molar-refractivity contribution in [3.05, 3.63) is 33.4 Å². The fraction of sp³-hybridized carbons (Fsp3) is 0.188. The molecule has 1 aromatic carbocycles.